The van der Waals surface area contributed by atoms with Crippen LogP contribution in [0.5, 0.6) is 0 Å². The fourth-order valence-electron chi connectivity index (χ4n) is 2.29. The van der Waals surface area contributed by atoms with Gasteiger partial charge in [0.1, 0.15) is 0 Å². The van der Waals surface area contributed by atoms with E-state index >= 15 is 0 Å². The molecule has 0 atom stereocenters. The van der Waals surface area contributed by atoms with Crippen LogP contribution < -0.4 is 0 Å². The molecule has 0 aliphatic carbocycles. The van der Waals surface area contributed by atoms with Crippen LogP contribution >= 0.6 is 0 Å². The lowest BCUT2D eigenvalue weighted by molar-refractivity contribution is 0.138. The number of nitrogens with zero attached hydrogens (tertiary/aromatic N) is 2. The molecule has 2 saturated heterocycles. The Balaban J connectivity index is -0.000000119. The summed E-state index contributed by atoms with van der Waals surface area (Å²) in [5.41, 5.74) is 0. The van der Waals surface area contributed by atoms with Crippen molar-refractivity contribution in [1.82, 2.24) is 9.80 Å². The van der Waals surface area contributed by atoms with Gasteiger partial charge in [-0.2, -0.15) is 0 Å². The first-order chi connectivity index (χ1) is 11.6. The molecular weight excluding hydrogens is 292 g/mol. The molecule has 2 fully saturated rings. The smallest absolute Gasteiger partial charge is 0.00386 e. The maximum absolute atomic E-state index is 2.56. The van der Waals surface area contributed by atoms with Gasteiger partial charge in [-0.3, -0.25) is 0 Å². The van der Waals surface area contributed by atoms with E-state index in [1.54, 1.807) is 0 Å². The van der Waals surface area contributed by atoms with Gasteiger partial charge < -0.3 is 9.80 Å². The van der Waals surface area contributed by atoms with E-state index in [0.29, 0.717) is 0 Å². The summed E-state index contributed by atoms with van der Waals surface area (Å²) < 4.78 is 0. The van der Waals surface area contributed by atoms with Crippen LogP contribution in [-0.2, 0) is 0 Å². The van der Waals surface area contributed by atoms with Crippen LogP contribution in [0.4, 0.5) is 0 Å². The summed E-state index contributed by atoms with van der Waals surface area (Å²) in [6.07, 6.45) is 5.69. The zero-order valence-electron chi connectivity index (χ0n) is 19.7. The highest BCUT2D eigenvalue weighted by atomic mass is 15.2. The van der Waals surface area contributed by atoms with E-state index in [1.807, 2.05) is 55.4 Å². The average molecular weight is 347 g/mol. The van der Waals surface area contributed by atoms with Crippen molar-refractivity contribution in [2.24, 2.45) is 0 Å². The lowest BCUT2D eigenvalue weighted by atomic mass is 10.1. The average Bonchev–Trinajstić information content (AvgIpc) is 2.61. The van der Waals surface area contributed by atoms with Crippen LogP contribution in [0.2, 0.25) is 0 Å². The molecule has 152 valence electrons. The lowest BCUT2D eigenvalue weighted by Gasteiger charge is -2.34. The topological polar surface area (TPSA) is 6.48 Å². The Morgan fingerprint density at radius 2 is 0.667 bits per heavy atom. The summed E-state index contributed by atoms with van der Waals surface area (Å²) in [4.78, 5) is 5.03. The minimum absolute atomic E-state index is 0.769. The number of piperidine rings is 1. The Labute approximate surface area is 157 Å². The third-order valence-corrected chi connectivity index (χ3v) is 3.74. The third-order valence-electron chi connectivity index (χ3n) is 3.74. The van der Waals surface area contributed by atoms with E-state index in [-0.39, 0.29) is 0 Å². The predicted octanol–water partition coefficient (Wildman–Crippen LogP) is 7.09. The monoisotopic (exact) mass is 346 g/mol. The van der Waals surface area contributed by atoms with Crippen LogP contribution in [-0.4, -0.2) is 48.1 Å². The zero-order valence-corrected chi connectivity index (χ0v) is 19.7. The van der Waals surface area contributed by atoms with Crippen molar-refractivity contribution in [3.63, 3.8) is 0 Å². The van der Waals surface area contributed by atoms with Gasteiger partial charge in [0.05, 0.1) is 0 Å². The van der Waals surface area contributed by atoms with Crippen molar-refractivity contribution >= 4 is 0 Å². The van der Waals surface area contributed by atoms with E-state index in [0.717, 1.165) is 12.1 Å². The molecule has 0 N–H and O–H groups in total. The number of hydrogen-bond acceptors (Lipinski definition) is 2. The molecule has 0 aromatic rings. The second-order valence-corrected chi connectivity index (χ2v) is 5.67. The molecule has 24 heavy (non-hydrogen) atoms. The highest BCUT2D eigenvalue weighted by molar-refractivity contribution is 4.71. The standard InChI is InChI=1S/C8H17N.C6H13N.4C2H6/c1-8(2)9-6-4-3-5-7-9;1-6(2)7-4-3-5-7;4*1-2/h8H,3-7H2,1-2H3;6H,3-5H2,1-2H3;4*1-2H3. The fraction of sp³-hybridized carbons (Fsp3) is 1.00. The number of hydrogen-bond donors (Lipinski definition) is 0. The van der Waals surface area contributed by atoms with E-state index in [1.165, 1.54) is 51.9 Å². The van der Waals surface area contributed by atoms with Gasteiger partial charge in [0, 0.05) is 12.1 Å². The maximum atomic E-state index is 2.56. The zero-order chi connectivity index (χ0) is 20.0. The van der Waals surface area contributed by atoms with Crippen molar-refractivity contribution in [2.45, 2.75) is 121 Å². The first-order valence-corrected chi connectivity index (χ1v) is 11.1. The fourth-order valence-corrected chi connectivity index (χ4v) is 2.29. The minimum atomic E-state index is 0.769. The normalized spacial score (nSPS) is 16.2. The molecule has 0 bridgehead atoms. The van der Waals surface area contributed by atoms with Crippen molar-refractivity contribution in [3.8, 4) is 0 Å². The molecule has 2 aliphatic heterocycles. The van der Waals surface area contributed by atoms with Gasteiger partial charge in [0.25, 0.3) is 0 Å². The van der Waals surface area contributed by atoms with Crippen LogP contribution in [0.15, 0.2) is 0 Å². The maximum Gasteiger partial charge on any atom is 0.00386 e. The van der Waals surface area contributed by atoms with Gasteiger partial charge in [0.2, 0.25) is 0 Å². The Kier molecular flexibility index (Phi) is 36.6. The van der Waals surface area contributed by atoms with Crippen molar-refractivity contribution < 1.29 is 0 Å². The van der Waals surface area contributed by atoms with Crippen LogP contribution in [0.25, 0.3) is 0 Å². The highest BCUT2D eigenvalue weighted by Crippen LogP contribution is 2.11. The molecule has 2 heteroatoms. The number of likely N-dealkylation sites (tertiary alicyclic amines) is 2. The molecule has 0 spiro atoms. The molecular formula is C22H54N2. The molecule has 0 radical (unpaired) electrons. The molecule has 2 rings (SSSR count). The molecule has 2 aliphatic rings. The molecule has 0 aromatic heterocycles. The third kappa shape index (κ3) is 20.0. The van der Waals surface area contributed by atoms with Gasteiger partial charge in [-0.15, -0.1) is 0 Å². The largest absolute Gasteiger partial charge is 0.301 e. The molecule has 2 heterocycles. The van der Waals surface area contributed by atoms with Crippen molar-refractivity contribution in [1.29, 1.82) is 0 Å². The van der Waals surface area contributed by atoms with E-state index in [2.05, 4.69) is 37.5 Å². The van der Waals surface area contributed by atoms with E-state index < -0.39 is 0 Å². The molecule has 0 aromatic carbocycles. The van der Waals surface area contributed by atoms with Crippen LogP contribution in [0.3, 0.4) is 0 Å². The minimum Gasteiger partial charge on any atom is -0.301 e. The Hall–Kier alpha value is -0.0800. The van der Waals surface area contributed by atoms with Crippen LogP contribution in [0, 0.1) is 0 Å². The molecule has 2 nitrogen and oxygen atoms in total. The second-order valence-electron chi connectivity index (χ2n) is 5.67. The molecule has 0 saturated carbocycles. The van der Waals surface area contributed by atoms with Gasteiger partial charge in [-0.05, 0) is 73.1 Å². The molecule has 0 amide bonds. The summed E-state index contributed by atoms with van der Waals surface area (Å²) in [5.74, 6) is 0. The highest BCUT2D eigenvalue weighted by Gasteiger charge is 2.15. The predicted molar refractivity (Wildman–Crippen MR) is 117 cm³/mol. The quantitative estimate of drug-likeness (QED) is 0.526. The van der Waals surface area contributed by atoms with Gasteiger partial charge >= 0.3 is 0 Å². The van der Waals surface area contributed by atoms with Gasteiger partial charge in [-0.1, -0.05) is 61.8 Å². The first kappa shape index (κ1) is 31.7. The van der Waals surface area contributed by atoms with Crippen molar-refractivity contribution in [3.05, 3.63) is 0 Å². The van der Waals surface area contributed by atoms with E-state index in [9.17, 15) is 0 Å². The summed E-state index contributed by atoms with van der Waals surface area (Å²) in [5, 5.41) is 0. The van der Waals surface area contributed by atoms with Crippen molar-refractivity contribution in [2.75, 3.05) is 26.2 Å². The Morgan fingerprint density at radius 1 is 0.417 bits per heavy atom. The summed E-state index contributed by atoms with van der Waals surface area (Å²) in [7, 11) is 0. The SMILES string of the molecule is CC.CC.CC.CC.CC(C)N1CCC1.CC(C)N1CCCCC1. The second kappa shape index (κ2) is 27.8. The van der Waals surface area contributed by atoms with Gasteiger partial charge in [0.15, 0.2) is 0 Å². The number of rotatable bonds is 2. The van der Waals surface area contributed by atoms with Gasteiger partial charge in [-0.25, -0.2) is 0 Å². The Bertz CT molecular complexity index is 169. The first-order valence-electron chi connectivity index (χ1n) is 11.1. The van der Waals surface area contributed by atoms with E-state index in [4.69, 9.17) is 0 Å². The van der Waals surface area contributed by atoms with Crippen LogP contribution in [0.1, 0.15) is 109 Å². The summed E-state index contributed by atoms with van der Waals surface area (Å²) in [6.45, 7) is 30.4. The summed E-state index contributed by atoms with van der Waals surface area (Å²) >= 11 is 0. The summed E-state index contributed by atoms with van der Waals surface area (Å²) in [6, 6.07) is 1.55. The molecule has 0 unspecified atom stereocenters. The lowest BCUT2D eigenvalue weighted by Crippen LogP contribution is -2.41. The Morgan fingerprint density at radius 3 is 0.792 bits per heavy atom.